The Balaban J connectivity index is 2.20. The molecule has 0 N–H and O–H groups in total. The molecule has 0 fully saturated rings. The van der Waals surface area contributed by atoms with Crippen molar-refractivity contribution < 1.29 is 4.79 Å². The fraction of sp³-hybridized carbons (Fsp3) is 0.467. The average Bonchev–Trinajstić information content (AvgIpc) is 2.67. The van der Waals surface area contributed by atoms with Gasteiger partial charge in [-0.3, -0.25) is 4.79 Å². The third kappa shape index (κ3) is 2.45. The molecule has 18 heavy (non-hydrogen) atoms. The quantitative estimate of drug-likeness (QED) is 0.800. The van der Waals surface area contributed by atoms with Crippen LogP contribution < -0.4 is 5.01 Å². The number of carbonyl (C=O) groups excluding carboxylic acids is 1. The van der Waals surface area contributed by atoms with Gasteiger partial charge in [0.15, 0.2) is 0 Å². The van der Waals surface area contributed by atoms with Gasteiger partial charge in [0.25, 0.3) is 5.91 Å². The Morgan fingerprint density at radius 2 is 1.78 bits per heavy atom. The summed E-state index contributed by atoms with van der Waals surface area (Å²) in [5, 5.41) is 5.75. The lowest BCUT2D eigenvalue weighted by atomic mass is 9.90. The first-order chi connectivity index (χ1) is 8.49. The molecule has 1 aromatic rings. The highest BCUT2D eigenvalue weighted by Crippen LogP contribution is 2.27. The van der Waals surface area contributed by atoms with Crippen LogP contribution in [0.1, 0.15) is 45.6 Å². The third-order valence-corrected chi connectivity index (χ3v) is 3.58. The summed E-state index contributed by atoms with van der Waals surface area (Å²) in [6, 6.07) is 8.15. The maximum Gasteiger partial charge on any atom is 0.253 e. The van der Waals surface area contributed by atoms with Crippen molar-refractivity contribution in [2.24, 2.45) is 11.0 Å². The van der Waals surface area contributed by atoms with Crippen LogP contribution in [0, 0.1) is 5.92 Å². The molecule has 1 amide bonds. The zero-order valence-corrected chi connectivity index (χ0v) is 11.5. The van der Waals surface area contributed by atoms with E-state index in [4.69, 9.17) is 0 Å². The fourth-order valence-corrected chi connectivity index (χ4v) is 2.06. The number of rotatable bonds is 3. The van der Waals surface area contributed by atoms with Crippen LogP contribution in [0.5, 0.6) is 0 Å². The van der Waals surface area contributed by atoms with Gasteiger partial charge >= 0.3 is 0 Å². The molecule has 1 aliphatic rings. The molecular formula is C15H20N2O. The number of benzene rings is 1. The predicted octanol–water partition coefficient (Wildman–Crippen LogP) is 3.56. The molecule has 1 aliphatic heterocycles. The van der Waals surface area contributed by atoms with E-state index in [1.54, 1.807) is 0 Å². The molecule has 1 aromatic carbocycles. The number of hydrazone groups is 1. The third-order valence-electron chi connectivity index (χ3n) is 3.58. The predicted molar refractivity (Wildman–Crippen MR) is 74.9 cm³/mol. The van der Waals surface area contributed by atoms with Gasteiger partial charge in [0.05, 0.1) is 12.1 Å². The summed E-state index contributed by atoms with van der Waals surface area (Å²) in [4.78, 5) is 11.7. The first kappa shape index (κ1) is 12.8. The minimum absolute atomic E-state index is 0.0529. The van der Waals surface area contributed by atoms with Crippen LogP contribution in [0.4, 0.5) is 5.69 Å². The van der Waals surface area contributed by atoms with Crippen molar-refractivity contribution in [3.8, 4) is 0 Å². The number of nitrogens with zero attached hydrogens (tertiary/aromatic N) is 2. The molecular weight excluding hydrogens is 224 g/mol. The maximum absolute atomic E-state index is 11.7. The molecule has 0 aromatic heterocycles. The normalized spacial score (nSPS) is 17.3. The second-order valence-corrected chi connectivity index (χ2v) is 5.34. The van der Waals surface area contributed by atoms with Crippen LogP contribution in [0.15, 0.2) is 29.4 Å². The van der Waals surface area contributed by atoms with E-state index in [1.165, 1.54) is 10.6 Å². The van der Waals surface area contributed by atoms with Gasteiger partial charge in [0.2, 0.25) is 0 Å². The highest BCUT2D eigenvalue weighted by Gasteiger charge is 2.22. The molecule has 3 nitrogen and oxygen atoms in total. The Bertz CT molecular complexity index is 474. The Morgan fingerprint density at radius 1 is 1.17 bits per heavy atom. The molecule has 0 unspecified atom stereocenters. The Labute approximate surface area is 108 Å². The molecule has 2 rings (SSSR count). The van der Waals surface area contributed by atoms with E-state index in [1.807, 2.05) is 19.1 Å². The first-order valence-electron chi connectivity index (χ1n) is 6.46. The largest absolute Gasteiger partial charge is 0.272 e. The summed E-state index contributed by atoms with van der Waals surface area (Å²) in [5.74, 6) is 1.19. The summed E-state index contributed by atoms with van der Waals surface area (Å²) in [5.41, 5.74) is 3.04. The Kier molecular flexibility index (Phi) is 3.50. The van der Waals surface area contributed by atoms with E-state index in [9.17, 15) is 4.79 Å². The lowest BCUT2D eigenvalue weighted by molar-refractivity contribution is -0.116. The van der Waals surface area contributed by atoms with Crippen LogP contribution >= 0.6 is 0 Å². The number of hydrogen-bond donors (Lipinski definition) is 0. The minimum Gasteiger partial charge on any atom is -0.272 e. The van der Waals surface area contributed by atoms with E-state index in [2.05, 4.69) is 38.0 Å². The topological polar surface area (TPSA) is 32.7 Å². The number of amides is 1. The molecule has 3 heteroatoms. The van der Waals surface area contributed by atoms with Crippen LogP contribution in [-0.4, -0.2) is 11.6 Å². The Hall–Kier alpha value is -1.64. The smallest absolute Gasteiger partial charge is 0.253 e. The summed E-state index contributed by atoms with van der Waals surface area (Å²) in [6.07, 6.45) is 0.435. The van der Waals surface area contributed by atoms with Crippen LogP contribution in [0.3, 0.4) is 0 Å². The maximum atomic E-state index is 11.7. The van der Waals surface area contributed by atoms with Crippen molar-refractivity contribution in [3.63, 3.8) is 0 Å². The Morgan fingerprint density at radius 3 is 2.22 bits per heavy atom. The van der Waals surface area contributed by atoms with Crippen molar-refractivity contribution in [2.75, 3.05) is 5.01 Å². The zero-order valence-electron chi connectivity index (χ0n) is 11.5. The SMILES string of the molecule is CC1=NN(c2ccc([C@H](C)C(C)C)cc2)C(=O)C1. The number of carbonyl (C=O) groups is 1. The van der Waals surface area contributed by atoms with Crippen LogP contribution in [0.25, 0.3) is 0 Å². The van der Waals surface area contributed by atoms with Gasteiger partial charge in [-0.1, -0.05) is 32.9 Å². The van der Waals surface area contributed by atoms with Crippen LogP contribution in [-0.2, 0) is 4.79 Å². The minimum atomic E-state index is 0.0529. The van der Waals surface area contributed by atoms with Gasteiger partial charge in [0.1, 0.15) is 0 Å². The van der Waals surface area contributed by atoms with Gasteiger partial charge in [-0.25, -0.2) is 5.01 Å². The zero-order chi connectivity index (χ0) is 13.3. The highest BCUT2D eigenvalue weighted by molar-refractivity contribution is 6.12. The molecule has 96 valence electrons. The van der Waals surface area contributed by atoms with E-state index in [-0.39, 0.29) is 5.91 Å². The second kappa shape index (κ2) is 4.92. The molecule has 1 atom stereocenters. The van der Waals surface area contributed by atoms with Gasteiger partial charge in [-0.05, 0) is 36.5 Å². The standard InChI is InChI=1S/C15H20N2O/c1-10(2)12(4)13-5-7-14(8-6-13)17-15(18)9-11(3)16-17/h5-8,10,12H,9H2,1-4H3/t12-/m1/s1. The molecule has 1 heterocycles. The van der Waals surface area contributed by atoms with Crippen molar-refractivity contribution in [1.29, 1.82) is 0 Å². The van der Waals surface area contributed by atoms with Crippen molar-refractivity contribution in [3.05, 3.63) is 29.8 Å². The highest BCUT2D eigenvalue weighted by atomic mass is 16.2. The number of hydrogen-bond acceptors (Lipinski definition) is 2. The van der Waals surface area contributed by atoms with E-state index >= 15 is 0 Å². The monoisotopic (exact) mass is 244 g/mol. The van der Waals surface area contributed by atoms with E-state index in [0.717, 1.165) is 11.4 Å². The summed E-state index contributed by atoms with van der Waals surface area (Å²) in [7, 11) is 0. The van der Waals surface area contributed by atoms with Crippen LogP contribution in [0.2, 0.25) is 0 Å². The molecule has 0 saturated carbocycles. The fourth-order valence-electron chi connectivity index (χ4n) is 2.06. The molecule has 0 aliphatic carbocycles. The average molecular weight is 244 g/mol. The van der Waals surface area contributed by atoms with Gasteiger partial charge in [-0.2, -0.15) is 5.10 Å². The summed E-state index contributed by atoms with van der Waals surface area (Å²) >= 11 is 0. The lowest BCUT2D eigenvalue weighted by Gasteiger charge is -2.17. The molecule has 0 bridgehead atoms. The van der Waals surface area contributed by atoms with Crippen molar-refractivity contribution >= 4 is 17.3 Å². The molecule has 0 spiro atoms. The number of anilines is 1. The van der Waals surface area contributed by atoms with Gasteiger partial charge in [-0.15, -0.1) is 0 Å². The first-order valence-corrected chi connectivity index (χ1v) is 6.46. The summed E-state index contributed by atoms with van der Waals surface area (Å²) in [6.45, 7) is 8.54. The van der Waals surface area contributed by atoms with Gasteiger partial charge < -0.3 is 0 Å². The summed E-state index contributed by atoms with van der Waals surface area (Å²) < 4.78 is 0. The van der Waals surface area contributed by atoms with E-state index < -0.39 is 0 Å². The molecule has 0 radical (unpaired) electrons. The van der Waals surface area contributed by atoms with Gasteiger partial charge in [0, 0.05) is 5.71 Å². The second-order valence-electron chi connectivity index (χ2n) is 5.34. The van der Waals surface area contributed by atoms with E-state index in [0.29, 0.717) is 18.3 Å². The lowest BCUT2D eigenvalue weighted by Crippen LogP contribution is -2.19. The van der Waals surface area contributed by atoms with Crippen molar-refractivity contribution in [2.45, 2.75) is 40.0 Å². The van der Waals surface area contributed by atoms with Crippen molar-refractivity contribution in [1.82, 2.24) is 0 Å². The molecule has 0 saturated heterocycles.